The second-order valence-electron chi connectivity index (χ2n) is 7.56. The molecule has 1 aliphatic rings. The number of hydrogen-bond acceptors (Lipinski definition) is 8. The maximum absolute atomic E-state index is 13.7. The predicted octanol–water partition coefficient (Wildman–Crippen LogP) is 4.08. The van der Waals surface area contributed by atoms with Crippen molar-refractivity contribution in [3.63, 3.8) is 0 Å². The molecule has 5 rings (SSSR count). The number of aromatic hydroxyl groups is 2. The Morgan fingerprint density at radius 1 is 1.03 bits per heavy atom. The minimum absolute atomic E-state index is 0.0329. The van der Waals surface area contributed by atoms with Gasteiger partial charge in [0.1, 0.15) is 22.7 Å². The molecule has 0 bridgehead atoms. The minimum Gasteiger partial charge on any atom is -0.508 e. The van der Waals surface area contributed by atoms with Gasteiger partial charge in [-0.05, 0) is 36.2 Å². The number of pyridine rings is 2. The Kier molecular flexibility index (Phi) is 5.27. The summed E-state index contributed by atoms with van der Waals surface area (Å²) < 4.78 is 5.80. The summed E-state index contributed by atoms with van der Waals surface area (Å²) in [4.78, 5) is 18.6. The van der Waals surface area contributed by atoms with Gasteiger partial charge in [-0.3, -0.25) is 14.6 Å². The normalized spacial score (nSPS) is 13.2. The van der Waals surface area contributed by atoms with Crippen molar-refractivity contribution in [3.05, 3.63) is 87.8 Å². The molecule has 2 aromatic carbocycles. The second-order valence-corrected chi connectivity index (χ2v) is 8.36. The van der Waals surface area contributed by atoms with E-state index in [4.69, 9.17) is 0 Å². The lowest BCUT2D eigenvalue weighted by Gasteiger charge is -2.28. The maximum Gasteiger partial charge on any atom is 0.267 e. The van der Waals surface area contributed by atoms with Crippen LogP contribution in [0.5, 0.6) is 11.5 Å². The molecule has 4 aromatic rings. The fourth-order valence-electron chi connectivity index (χ4n) is 4.03. The number of hydrogen-bond donors (Lipinski definition) is 3. The van der Waals surface area contributed by atoms with Crippen molar-refractivity contribution < 1.29 is 15.4 Å². The van der Waals surface area contributed by atoms with Crippen molar-refractivity contribution in [2.24, 2.45) is 4.40 Å². The lowest BCUT2D eigenvalue weighted by atomic mass is 10.1. The zero-order chi connectivity index (χ0) is 23.1. The van der Waals surface area contributed by atoms with Gasteiger partial charge < -0.3 is 10.2 Å². The number of hydroxylamine groups is 1. The largest absolute Gasteiger partial charge is 0.508 e. The molecule has 0 atom stereocenters. The van der Waals surface area contributed by atoms with Crippen LogP contribution in [0.4, 0.5) is 5.69 Å². The molecule has 3 heterocycles. The minimum atomic E-state index is -0.539. The van der Waals surface area contributed by atoms with E-state index in [1.807, 2.05) is 37.3 Å². The molecule has 33 heavy (non-hydrogen) atoms. The summed E-state index contributed by atoms with van der Waals surface area (Å²) in [6.45, 7) is 2.08. The number of aromatic nitrogens is 2. The number of amidine groups is 1. The van der Waals surface area contributed by atoms with Crippen molar-refractivity contribution >= 4 is 34.5 Å². The number of phenolic OH excluding ortho intramolecular Hbond substituents is 1. The van der Waals surface area contributed by atoms with Gasteiger partial charge in [0.05, 0.1) is 22.5 Å². The highest BCUT2D eigenvalue weighted by atomic mass is 32.2. The van der Waals surface area contributed by atoms with Crippen molar-refractivity contribution in [3.8, 4) is 11.5 Å². The summed E-state index contributed by atoms with van der Waals surface area (Å²) in [6, 6.07) is 16.0. The molecule has 166 valence electrons. The number of rotatable bonds is 4. The molecular formula is C24H20N4O4S. The number of phenols is 1. The Hall–Kier alpha value is -3.82. The molecular weight excluding hydrogens is 440 g/mol. The number of nitrogens with zero attached hydrogens (tertiary/aromatic N) is 4. The highest BCUT2D eigenvalue weighted by Gasteiger charge is 2.31. The summed E-state index contributed by atoms with van der Waals surface area (Å²) in [7, 11) is 0. The Balaban J connectivity index is 1.74. The molecule has 8 nitrogen and oxygen atoms in total. The van der Waals surface area contributed by atoms with Gasteiger partial charge in [-0.25, -0.2) is 10.0 Å². The van der Waals surface area contributed by atoms with Gasteiger partial charge >= 0.3 is 0 Å². The van der Waals surface area contributed by atoms with Crippen LogP contribution in [0.2, 0.25) is 0 Å². The van der Waals surface area contributed by atoms with E-state index in [2.05, 4.69) is 9.38 Å². The van der Waals surface area contributed by atoms with E-state index in [9.17, 15) is 20.2 Å². The summed E-state index contributed by atoms with van der Waals surface area (Å²) in [5, 5.41) is 33.6. The fraction of sp³-hybridized carbons (Fsp3) is 0.125. The Bertz CT molecular complexity index is 1470. The lowest BCUT2D eigenvalue weighted by molar-refractivity contribution is 0.308. The van der Waals surface area contributed by atoms with Crippen LogP contribution in [0.15, 0.2) is 74.9 Å². The Morgan fingerprint density at radius 2 is 1.82 bits per heavy atom. The molecule has 0 fully saturated rings. The van der Waals surface area contributed by atoms with Crippen molar-refractivity contribution in [1.82, 2.24) is 9.55 Å². The molecule has 0 unspecified atom stereocenters. The van der Waals surface area contributed by atoms with Crippen molar-refractivity contribution in [1.29, 1.82) is 0 Å². The highest BCUT2D eigenvalue weighted by molar-refractivity contribution is 7.98. The monoisotopic (exact) mass is 460 g/mol. The standard InChI is InChI=1S/C24H20N4O4S/c1-2-15-17(29)10-11-18-20(15)28(32)23(26-33-18)19-21(30)16-9-6-12-25-22(16)27(24(19)31)13-14-7-4-3-5-8-14/h3-12,29-30,32H,2,13H2,1H3. The summed E-state index contributed by atoms with van der Waals surface area (Å²) in [5.41, 5.74) is 1.38. The topological polar surface area (TPSA) is 111 Å². The van der Waals surface area contributed by atoms with Crippen LogP contribution >= 0.6 is 11.9 Å². The summed E-state index contributed by atoms with van der Waals surface area (Å²) >= 11 is 1.07. The van der Waals surface area contributed by atoms with Crippen LogP contribution in [0.1, 0.15) is 23.6 Å². The molecule has 1 aliphatic heterocycles. The molecule has 0 spiro atoms. The molecule has 0 amide bonds. The molecule has 9 heteroatoms. The summed E-state index contributed by atoms with van der Waals surface area (Å²) in [5.74, 6) is -0.388. The molecule has 2 aromatic heterocycles. The third-order valence-electron chi connectivity index (χ3n) is 5.62. The number of benzene rings is 2. The zero-order valence-corrected chi connectivity index (χ0v) is 18.5. The van der Waals surface area contributed by atoms with Crippen LogP contribution < -0.4 is 10.6 Å². The van der Waals surface area contributed by atoms with E-state index in [1.165, 1.54) is 4.57 Å². The van der Waals surface area contributed by atoms with Gasteiger partial charge in [-0.1, -0.05) is 37.3 Å². The smallest absolute Gasteiger partial charge is 0.267 e. The second kappa shape index (κ2) is 8.27. The quantitative estimate of drug-likeness (QED) is 0.394. The Morgan fingerprint density at radius 3 is 2.58 bits per heavy atom. The number of anilines is 1. The van der Waals surface area contributed by atoms with E-state index >= 15 is 0 Å². The van der Waals surface area contributed by atoms with Gasteiger partial charge in [0, 0.05) is 23.7 Å². The lowest BCUT2D eigenvalue weighted by Crippen LogP contribution is -2.37. The van der Waals surface area contributed by atoms with Gasteiger partial charge in [0.15, 0.2) is 5.84 Å². The fourth-order valence-corrected chi connectivity index (χ4v) is 4.80. The van der Waals surface area contributed by atoms with Crippen molar-refractivity contribution in [2.45, 2.75) is 24.8 Å². The van der Waals surface area contributed by atoms with Gasteiger partial charge in [-0.2, -0.15) is 4.40 Å². The van der Waals surface area contributed by atoms with E-state index in [1.54, 1.807) is 30.5 Å². The zero-order valence-electron chi connectivity index (χ0n) is 17.6. The average Bonchev–Trinajstić information content (AvgIpc) is 2.84. The first-order valence-electron chi connectivity index (χ1n) is 10.3. The molecule has 3 N–H and O–H groups in total. The average molecular weight is 461 g/mol. The SMILES string of the molecule is CCc1c(O)ccc2c1N(O)C(c1c(O)c3cccnc3n(Cc3ccccc3)c1=O)=NS2. The van der Waals surface area contributed by atoms with E-state index in [-0.39, 0.29) is 29.4 Å². The van der Waals surface area contributed by atoms with E-state index < -0.39 is 5.56 Å². The van der Waals surface area contributed by atoms with Gasteiger partial charge in [-0.15, -0.1) is 0 Å². The van der Waals surface area contributed by atoms with E-state index in [0.29, 0.717) is 33.6 Å². The first kappa shape index (κ1) is 21.0. The number of fused-ring (bicyclic) bond motifs is 2. The highest BCUT2D eigenvalue weighted by Crippen LogP contribution is 2.43. The van der Waals surface area contributed by atoms with E-state index in [0.717, 1.165) is 22.6 Å². The van der Waals surface area contributed by atoms with Gasteiger partial charge in [0.25, 0.3) is 5.56 Å². The van der Waals surface area contributed by atoms with Crippen LogP contribution in [-0.2, 0) is 13.0 Å². The predicted molar refractivity (Wildman–Crippen MR) is 127 cm³/mol. The van der Waals surface area contributed by atoms with Crippen LogP contribution in [0.3, 0.4) is 0 Å². The van der Waals surface area contributed by atoms with Crippen LogP contribution in [-0.4, -0.2) is 30.8 Å². The first-order valence-corrected chi connectivity index (χ1v) is 11.1. The molecule has 0 radical (unpaired) electrons. The molecule has 0 saturated carbocycles. The third-order valence-corrected chi connectivity index (χ3v) is 6.41. The molecule has 0 aliphatic carbocycles. The van der Waals surface area contributed by atoms with Crippen molar-refractivity contribution in [2.75, 3.05) is 5.06 Å². The Labute approximate surface area is 193 Å². The van der Waals surface area contributed by atoms with Gasteiger partial charge in [0.2, 0.25) is 0 Å². The summed E-state index contributed by atoms with van der Waals surface area (Å²) in [6.07, 6.45) is 2.01. The maximum atomic E-state index is 13.7. The first-order chi connectivity index (χ1) is 16.0. The van der Waals surface area contributed by atoms with Crippen LogP contribution in [0.25, 0.3) is 11.0 Å². The van der Waals surface area contributed by atoms with Crippen LogP contribution in [0, 0.1) is 0 Å². The molecule has 0 saturated heterocycles. The third kappa shape index (κ3) is 3.42.